The zero-order valence-electron chi connectivity index (χ0n) is 13.2. The van der Waals surface area contributed by atoms with Gasteiger partial charge in [-0.05, 0) is 30.3 Å². The Hall–Kier alpha value is -3.28. The van der Waals surface area contributed by atoms with Gasteiger partial charge in [-0.15, -0.1) is 0 Å². The largest absolute Gasteiger partial charge is 0.505 e. The average molecular weight is 338 g/mol. The summed E-state index contributed by atoms with van der Waals surface area (Å²) in [7, 11) is 0. The summed E-state index contributed by atoms with van der Waals surface area (Å²) < 4.78 is 25.4. The number of nitrogens with one attached hydrogen (secondary N) is 1. The van der Waals surface area contributed by atoms with Gasteiger partial charge in [-0.1, -0.05) is 12.1 Å². The average Bonchev–Trinajstić information content (AvgIpc) is 2.64. The zero-order valence-corrected chi connectivity index (χ0v) is 13.2. The topological polar surface area (TPSA) is 63.6 Å². The maximum Gasteiger partial charge on any atom is 0.219 e. The standard InChI is InChI=1S/C19H15FN2O3/c20-19-13(3-1-5-16(19)23)14-4-2-6-18(22-14)25-12-7-8-17-15(11-12)21-9-10-24-17/h1-8,11,21,23H,9-10H2. The first kappa shape index (κ1) is 15.3. The first-order chi connectivity index (χ1) is 12.2. The molecule has 0 saturated carbocycles. The van der Waals surface area contributed by atoms with Crippen LogP contribution in [0.15, 0.2) is 54.6 Å². The summed E-state index contributed by atoms with van der Waals surface area (Å²) in [5.41, 5.74) is 1.45. The monoisotopic (exact) mass is 338 g/mol. The molecular weight excluding hydrogens is 323 g/mol. The normalized spacial score (nSPS) is 12.7. The molecule has 0 aliphatic carbocycles. The van der Waals surface area contributed by atoms with Crippen molar-refractivity contribution in [2.24, 2.45) is 0 Å². The first-order valence-electron chi connectivity index (χ1n) is 7.84. The van der Waals surface area contributed by atoms with Crippen LogP contribution in [0.3, 0.4) is 0 Å². The van der Waals surface area contributed by atoms with E-state index in [-0.39, 0.29) is 5.56 Å². The molecule has 126 valence electrons. The van der Waals surface area contributed by atoms with Crippen LogP contribution in [0.5, 0.6) is 23.1 Å². The summed E-state index contributed by atoms with van der Waals surface area (Å²) in [5, 5.41) is 12.8. The van der Waals surface area contributed by atoms with Crippen molar-refractivity contribution >= 4 is 5.69 Å². The minimum Gasteiger partial charge on any atom is -0.505 e. The number of halogens is 1. The Morgan fingerprint density at radius 2 is 2.00 bits per heavy atom. The molecule has 25 heavy (non-hydrogen) atoms. The number of phenolic OH excluding ortho intramolecular Hbond substituents is 1. The number of aromatic nitrogens is 1. The first-order valence-corrected chi connectivity index (χ1v) is 7.84. The molecule has 0 saturated heterocycles. The lowest BCUT2D eigenvalue weighted by Gasteiger charge is -2.19. The molecule has 2 N–H and O–H groups in total. The summed E-state index contributed by atoms with van der Waals surface area (Å²) >= 11 is 0. The number of pyridine rings is 1. The molecule has 0 radical (unpaired) electrons. The Balaban J connectivity index is 1.63. The SMILES string of the molecule is Oc1cccc(-c2cccc(Oc3ccc4c(c3)NCCO4)n2)c1F. The van der Waals surface area contributed by atoms with Gasteiger partial charge in [0.05, 0.1) is 11.4 Å². The van der Waals surface area contributed by atoms with Gasteiger partial charge < -0.3 is 19.9 Å². The fourth-order valence-electron chi connectivity index (χ4n) is 2.64. The molecule has 1 aliphatic rings. The lowest BCUT2D eigenvalue weighted by molar-refractivity contribution is 0.322. The van der Waals surface area contributed by atoms with Gasteiger partial charge in [0.1, 0.15) is 18.1 Å². The van der Waals surface area contributed by atoms with E-state index in [9.17, 15) is 9.50 Å². The van der Waals surface area contributed by atoms with Crippen LogP contribution in [0.1, 0.15) is 0 Å². The molecule has 0 fully saturated rings. The van der Waals surface area contributed by atoms with E-state index in [4.69, 9.17) is 9.47 Å². The van der Waals surface area contributed by atoms with Crippen LogP contribution in [-0.4, -0.2) is 23.2 Å². The van der Waals surface area contributed by atoms with Crippen LogP contribution in [-0.2, 0) is 0 Å². The Bertz CT molecular complexity index is 930. The van der Waals surface area contributed by atoms with Gasteiger partial charge >= 0.3 is 0 Å². The quantitative estimate of drug-likeness (QED) is 0.750. The van der Waals surface area contributed by atoms with Crippen LogP contribution in [0.25, 0.3) is 11.3 Å². The Morgan fingerprint density at radius 3 is 2.92 bits per heavy atom. The molecule has 3 aromatic rings. The van der Waals surface area contributed by atoms with Crippen LogP contribution < -0.4 is 14.8 Å². The number of rotatable bonds is 3. The van der Waals surface area contributed by atoms with Gasteiger partial charge in [0, 0.05) is 24.2 Å². The molecule has 0 unspecified atom stereocenters. The predicted molar refractivity (Wildman–Crippen MR) is 91.8 cm³/mol. The van der Waals surface area contributed by atoms with Crippen molar-refractivity contribution in [1.82, 2.24) is 4.98 Å². The molecule has 5 nitrogen and oxygen atoms in total. The second-order valence-corrected chi connectivity index (χ2v) is 5.54. The summed E-state index contributed by atoms with van der Waals surface area (Å²) in [6, 6.07) is 14.9. The van der Waals surface area contributed by atoms with Crippen molar-refractivity contribution in [3.05, 3.63) is 60.4 Å². The second-order valence-electron chi connectivity index (χ2n) is 5.54. The van der Waals surface area contributed by atoms with Gasteiger partial charge in [-0.2, -0.15) is 0 Å². The fourth-order valence-corrected chi connectivity index (χ4v) is 2.64. The Morgan fingerprint density at radius 1 is 1.12 bits per heavy atom. The van der Waals surface area contributed by atoms with E-state index in [1.165, 1.54) is 6.07 Å². The molecular formula is C19H15FN2O3. The van der Waals surface area contributed by atoms with E-state index < -0.39 is 11.6 Å². The van der Waals surface area contributed by atoms with Crippen molar-refractivity contribution in [2.75, 3.05) is 18.5 Å². The third kappa shape index (κ3) is 3.06. The lowest BCUT2D eigenvalue weighted by Crippen LogP contribution is -2.17. The van der Waals surface area contributed by atoms with E-state index in [1.54, 1.807) is 36.4 Å². The Labute approximate surface area is 143 Å². The maximum absolute atomic E-state index is 14.1. The minimum atomic E-state index is -0.706. The molecule has 6 heteroatoms. The van der Waals surface area contributed by atoms with E-state index in [2.05, 4.69) is 10.3 Å². The van der Waals surface area contributed by atoms with Crippen molar-refractivity contribution in [3.8, 4) is 34.4 Å². The third-order valence-electron chi connectivity index (χ3n) is 3.83. The van der Waals surface area contributed by atoms with E-state index in [0.717, 1.165) is 18.0 Å². The molecule has 2 aromatic carbocycles. The fraction of sp³-hybridized carbons (Fsp3) is 0.105. The van der Waals surface area contributed by atoms with Gasteiger partial charge in [-0.25, -0.2) is 9.37 Å². The van der Waals surface area contributed by atoms with Gasteiger partial charge in [0.2, 0.25) is 5.88 Å². The molecule has 4 rings (SSSR count). The van der Waals surface area contributed by atoms with Gasteiger partial charge in [0.25, 0.3) is 0 Å². The maximum atomic E-state index is 14.1. The number of hydrogen-bond donors (Lipinski definition) is 2. The van der Waals surface area contributed by atoms with Crippen molar-refractivity contribution < 1.29 is 19.0 Å². The predicted octanol–water partition coefficient (Wildman–Crippen LogP) is 4.19. The highest BCUT2D eigenvalue weighted by Crippen LogP contribution is 2.33. The second kappa shape index (κ2) is 6.32. The molecule has 2 heterocycles. The van der Waals surface area contributed by atoms with Crippen LogP contribution in [0, 0.1) is 5.82 Å². The molecule has 0 bridgehead atoms. The van der Waals surface area contributed by atoms with Crippen LogP contribution in [0.2, 0.25) is 0 Å². The number of nitrogens with zero attached hydrogens (tertiary/aromatic N) is 1. The van der Waals surface area contributed by atoms with Crippen LogP contribution in [0.4, 0.5) is 10.1 Å². The molecule has 1 aliphatic heterocycles. The summed E-state index contributed by atoms with van der Waals surface area (Å²) in [4.78, 5) is 4.33. The molecule has 0 atom stereocenters. The lowest BCUT2D eigenvalue weighted by atomic mass is 10.1. The number of phenols is 1. The highest BCUT2D eigenvalue weighted by Gasteiger charge is 2.13. The van der Waals surface area contributed by atoms with Crippen molar-refractivity contribution in [1.29, 1.82) is 0 Å². The highest BCUT2D eigenvalue weighted by molar-refractivity contribution is 5.63. The number of anilines is 1. The smallest absolute Gasteiger partial charge is 0.219 e. The minimum absolute atomic E-state index is 0.214. The van der Waals surface area contributed by atoms with Gasteiger partial charge in [-0.3, -0.25) is 0 Å². The Kier molecular flexibility index (Phi) is 3.85. The van der Waals surface area contributed by atoms with E-state index in [1.807, 2.05) is 12.1 Å². The third-order valence-corrected chi connectivity index (χ3v) is 3.83. The number of benzene rings is 2. The zero-order chi connectivity index (χ0) is 17.2. The van der Waals surface area contributed by atoms with E-state index >= 15 is 0 Å². The highest BCUT2D eigenvalue weighted by atomic mass is 19.1. The molecule has 1 aromatic heterocycles. The number of fused-ring (bicyclic) bond motifs is 1. The number of hydrogen-bond acceptors (Lipinski definition) is 5. The summed E-state index contributed by atoms with van der Waals surface area (Å²) in [5.74, 6) is 0.588. The van der Waals surface area contributed by atoms with Crippen molar-refractivity contribution in [3.63, 3.8) is 0 Å². The van der Waals surface area contributed by atoms with Crippen LogP contribution >= 0.6 is 0 Å². The molecule has 0 amide bonds. The number of aromatic hydroxyl groups is 1. The summed E-state index contributed by atoms with van der Waals surface area (Å²) in [6.45, 7) is 1.37. The number of ether oxygens (including phenoxy) is 2. The molecule has 0 spiro atoms. The van der Waals surface area contributed by atoms with Crippen molar-refractivity contribution in [2.45, 2.75) is 0 Å². The van der Waals surface area contributed by atoms with Gasteiger partial charge in [0.15, 0.2) is 11.6 Å². The summed E-state index contributed by atoms with van der Waals surface area (Å²) in [6.07, 6.45) is 0. The van der Waals surface area contributed by atoms with E-state index in [0.29, 0.717) is 23.9 Å².